The van der Waals surface area contributed by atoms with Crippen LogP contribution in [0.25, 0.3) is 0 Å². The van der Waals surface area contributed by atoms with Gasteiger partial charge in [0.15, 0.2) is 0 Å². The predicted molar refractivity (Wildman–Crippen MR) is 65.3 cm³/mol. The molecule has 3 rings (SSSR count). The highest BCUT2D eigenvalue weighted by atomic mass is 19.1. The third-order valence-corrected chi connectivity index (χ3v) is 3.62. The van der Waals surface area contributed by atoms with E-state index < -0.39 is 0 Å². The van der Waals surface area contributed by atoms with Gasteiger partial charge in [-0.25, -0.2) is 4.39 Å². The summed E-state index contributed by atoms with van der Waals surface area (Å²) in [4.78, 5) is 0. The fourth-order valence-corrected chi connectivity index (χ4v) is 2.52. The number of nitrogens with two attached hydrogens (primary N) is 1. The van der Waals surface area contributed by atoms with Crippen molar-refractivity contribution in [2.24, 2.45) is 5.92 Å². The number of hydrogen-bond donors (Lipinski definition) is 2. The second-order valence-corrected chi connectivity index (χ2v) is 4.91. The smallest absolute Gasteiger partial charge is 0.148 e. The highest BCUT2D eigenvalue weighted by Gasteiger charge is 2.40. The Labute approximate surface area is 100 Å². The molecule has 0 aromatic heterocycles. The summed E-state index contributed by atoms with van der Waals surface area (Å²) in [6, 6.07) is 5.15. The molecule has 0 amide bonds. The summed E-state index contributed by atoms with van der Waals surface area (Å²) >= 11 is 0. The van der Waals surface area contributed by atoms with Crippen LogP contribution in [0, 0.1) is 11.7 Å². The van der Waals surface area contributed by atoms with Gasteiger partial charge in [0, 0.05) is 6.61 Å². The molecule has 1 aromatic carbocycles. The van der Waals surface area contributed by atoms with Crippen molar-refractivity contribution in [2.45, 2.75) is 31.4 Å². The maximum absolute atomic E-state index is 13.3. The van der Waals surface area contributed by atoms with E-state index in [1.165, 1.54) is 18.9 Å². The molecule has 2 atom stereocenters. The second-order valence-electron chi connectivity index (χ2n) is 4.91. The molecule has 1 saturated heterocycles. The Hall–Kier alpha value is -1.29. The van der Waals surface area contributed by atoms with Crippen molar-refractivity contribution in [3.8, 4) is 0 Å². The average Bonchev–Trinajstić information content (AvgIpc) is 3.06. The average molecular weight is 236 g/mol. The lowest BCUT2D eigenvalue weighted by molar-refractivity contribution is 0.0898. The third-order valence-electron chi connectivity index (χ3n) is 3.62. The number of rotatable bonds is 3. The maximum atomic E-state index is 13.3. The van der Waals surface area contributed by atoms with Gasteiger partial charge in [-0.05, 0) is 37.3 Å². The lowest BCUT2D eigenvalue weighted by Gasteiger charge is -2.21. The van der Waals surface area contributed by atoms with Gasteiger partial charge < -0.3 is 15.8 Å². The van der Waals surface area contributed by atoms with Crippen molar-refractivity contribution in [3.63, 3.8) is 0 Å². The normalized spacial score (nSPS) is 28.3. The van der Waals surface area contributed by atoms with Gasteiger partial charge in [0.05, 0.1) is 23.5 Å². The van der Waals surface area contributed by atoms with Gasteiger partial charge in [0.2, 0.25) is 0 Å². The van der Waals surface area contributed by atoms with Gasteiger partial charge in [-0.1, -0.05) is 6.07 Å². The summed E-state index contributed by atoms with van der Waals surface area (Å²) in [6.45, 7) is 0.786. The number of anilines is 2. The van der Waals surface area contributed by atoms with Crippen molar-refractivity contribution in [2.75, 3.05) is 17.7 Å². The molecule has 4 heteroatoms. The first-order valence-corrected chi connectivity index (χ1v) is 6.18. The number of benzene rings is 1. The second kappa shape index (κ2) is 4.18. The first kappa shape index (κ1) is 10.8. The lowest BCUT2D eigenvalue weighted by Crippen LogP contribution is -2.31. The molecule has 1 saturated carbocycles. The van der Waals surface area contributed by atoms with E-state index in [9.17, 15) is 4.39 Å². The summed E-state index contributed by atoms with van der Waals surface area (Å²) in [5.41, 5.74) is 6.61. The van der Waals surface area contributed by atoms with E-state index >= 15 is 0 Å². The van der Waals surface area contributed by atoms with Crippen LogP contribution >= 0.6 is 0 Å². The predicted octanol–water partition coefficient (Wildman–Crippen LogP) is 2.39. The minimum atomic E-state index is -0.364. The molecule has 1 aromatic rings. The van der Waals surface area contributed by atoms with Crippen molar-refractivity contribution >= 4 is 11.4 Å². The number of nitrogens with one attached hydrogen (secondary N) is 1. The molecular formula is C13H17FN2O. The summed E-state index contributed by atoms with van der Waals surface area (Å²) in [6.07, 6.45) is 3.75. The Bertz CT molecular complexity index is 420. The van der Waals surface area contributed by atoms with E-state index in [1.807, 2.05) is 6.07 Å². The fraction of sp³-hybridized carbons (Fsp3) is 0.538. The van der Waals surface area contributed by atoms with Crippen LogP contribution in [-0.4, -0.2) is 18.8 Å². The van der Waals surface area contributed by atoms with Gasteiger partial charge in [-0.3, -0.25) is 0 Å². The number of para-hydroxylation sites is 1. The van der Waals surface area contributed by atoms with E-state index in [4.69, 9.17) is 10.5 Å². The number of nitrogen functional groups attached to an aromatic ring is 1. The third kappa shape index (κ3) is 2.09. The van der Waals surface area contributed by atoms with Gasteiger partial charge >= 0.3 is 0 Å². The zero-order chi connectivity index (χ0) is 11.8. The summed E-state index contributed by atoms with van der Waals surface area (Å²) in [5, 5.41) is 3.33. The zero-order valence-corrected chi connectivity index (χ0v) is 9.66. The Balaban J connectivity index is 1.75. The molecule has 3 nitrogen and oxygen atoms in total. The number of hydrogen-bond acceptors (Lipinski definition) is 3. The van der Waals surface area contributed by atoms with Crippen LogP contribution in [0.5, 0.6) is 0 Å². The first-order chi connectivity index (χ1) is 8.25. The largest absolute Gasteiger partial charge is 0.395 e. The van der Waals surface area contributed by atoms with Crippen molar-refractivity contribution in [3.05, 3.63) is 24.0 Å². The van der Waals surface area contributed by atoms with E-state index in [2.05, 4.69) is 5.32 Å². The van der Waals surface area contributed by atoms with Gasteiger partial charge in [0.1, 0.15) is 5.82 Å². The monoisotopic (exact) mass is 236 g/mol. The van der Waals surface area contributed by atoms with E-state index in [0.717, 1.165) is 13.0 Å². The Kier molecular flexibility index (Phi) is 2.67. The van der Waals surface area contributed by atoms with Crippen LogP contribution in [0.2, 0.25) is 0 Å². The summed E-state index contributed by atoms with van der Waals surface area (Å²) in [5.74, 6) is 0.321. The summed E-state index contributed by atoms with van der Waals surface area (Å²) in [7, 11) is 0. The quantitative estimate of drug-likeness (QED) is 0.792. The van der Waals surface area contributed by atoms with Crippen LogP contribution in [0.4, 0.5) is 15.8 Å². The van der Waals surface area contributed by atoms with Crippen LogP contribution < -0.4 is 11.1 Å². The molecular weight excluding hydrogens is 219 g/mol. The minimum absolute atomic E-state index is 0.203. The van der Waals surface area contributed by atoms with E-state index in [1.54, 1.807) is 6.07 Å². The number of ether oxygens (including phenoxy) is 1. The topological polar surface area (TPSA) is 47.3 Å². The summed E-state index contributed by atoms with van der Waals surface area (Å²) < 4.78 is 19.1. The van der Waals surface area contributed by atoms with Crippen molar-refractivity contribution in [1.82, 2.24) is 0 Å². The highest BCUT2D eigenvalue weighted by Crippen LogP contribution is 2.40. The molecule has 2 unspecified atom stereocenters. The molecule has 2 aliphatic rings. The molecule has 0 radical (unpaired) electrons. The molecule has 0 bridgehead atoms. The SMILES string of the molecule is Nc1c(F)cccc1NC1CCOC1C1CC1. The van der Waals surface area contributed by atoms with Crippen LogP contribution in [0.3, 0.4) is 0 Å². The maximum Gasteiger partial charge on any atom is 0.148 e. The molecule has 1 aliphatic heterocycles. The molecule has 2 fully saturated rings. The van der Waals surface area contributed by atoms with Gasteiger partial charge in [0.25, 0.3) is 0 Å². The Morgan fingerprint density at radius 1 is 1.29 bits per heavy atom. The van der Waals surface area contributed by atoms with Crippen LogP contribution in [0.15, 0.2) is 18.2 Å². The molecule has 1 heterocycles. The Morgan fingerprint density at radius 2 is 2.12 bits per heavy atom. The lowest BCUT2D eigenvalue weighted by atomic mass is 10.1. The molecule has 17 heavy (non-hydrogen) atoms. The Morgan fingerprint density at radius 3 is 2.88 bits per heavy atom. The number of halogens is 1. The fourth-order valence-electron chi connectivity index (χ4n) is 2.52. The van der Waals surface area contributed by atoms with Crippen LogP contribution in [0.1, 0.15) is 19.3 Å². The minimum Gasteiger partial charge on any atom is -0.395 e. The first-order valence-electron chi connectivity index (χ1n) is 6.18. The van der Waals surface area contributed by atoms with Gasteiger partial charge in [-0.2, -0.15) is 0 Å². The van der Waals surface area contributed by atoms with E-state index in [0.29, 0.717) is 11.6 Å². The van der Waals surface area contributed by atoms with Crippen LogP contribution in [-0.2, 0) is 4.74 Å². The molecule has 0 spiro atoms. The molecule has 1 aliphatic carbocycles. The van der Waals surface area contributed by atoms with Crippen molar-refractivity contribution in [1.29, 1.82) is 0 Å². The van der Waals surface area contributed by atoms with E-state index in [-0.39, 0.29) is 23.7 Å². The van der Waals surface area contributed by atoms with Crippen molar-refractivity contribution < 1.29 is 9.13 Å². The highest BCUT2D eigenvalue weighted by molar-refractivity contribution is 5.67. The van der Waals surface area contributed by atoms with Gasteiger partial charge in [-0.15, -0.1) is 0 Å². The zero-order valence-electron chi connectivity index (χ0n) is 9.66. The standard InChI is InChI=1S/C13H17FN2O/c14-9-2-1-3-10(12(9)15)16-11-6-7-17-13(11)8-4-5-8/h1-3,8,11,13,16H,4-7,15H2. The molecule has 92 valence electrons. The molecule has 3 N–H and O–H groups in total.